The fourth-order valence-electron chi connectivity index (χ4n) is 4.72. The Balaban J connectivity index is 1.55. The van der Waals surface area contributed by atoms with Crippen LogP contribution in [0, 0.1) is 5.82 Å². The number of methoxy groups -OCH3 is 2. The van der Waals surface area contributed by atoms with E-state index in [1.807, 2.05) is 42.5 Å². The number of carbonyl (C=O) groups excluding carboxylic acids is 2. The Labute approximate surface area is 215 Å². The standard InChI is InChI=1S/C29H30FNO6/c1-34-20-29(27(32)35-2)17-16-26(31(29)28(33)37-18-21-8-4-3-5-9-21)22-12-14-24(15-13-22)36-19-23-10-6-7-11-25(23)30/h3-15,26H,16-20H2,1-2H3/t26-,29-/m1/s1. The van der Waals surface area contributed by atoms with E-state index in [2.05, 4.69) is 0 Å². The van der Waals surface area contributed by atoms with Crippen LogP contribution >= 0.6 is 0 Å². The maximum absolute atomic E-state index is 13.9. The fraction of sp³-hybridized carbons (Fsp3) is 0.310. The van der Waals surface area contributed by atoms with Gasteiger partial charge in [0.05, 0.1) is 19.8 Å². The molecule has 0 aliphatic carbocycles. The van der Waals surface area contributed by atoms with Gasteiger partial charge in [-0.15, -0.1) is 0 Å². The fourth-order valence-corrected chi connectivity index (χ4v) is 4.72. The van der Waals surface area contributed by atoms with Gasteiger partial charge >= 0.3 is 12.1 Å². The van der Waals surface area contributed by atoms with Crippen LogP contribution in [0.4, 0.5) is 9.18 Å². The zero-order valence-electron chi connectivity index (χ0n) is 20.9. The summed E-state index contributed by atoms with van der Waals surface area (Å²) in [6.45, 7) is 0.128. The van der Waals surface area contributed by atoms with Crippen LogP contribution in [0.25, 0.3) is 0 Å². The smallest absolute Gasteiger partial charge is 0.411 e. The molecule has 37 heavy (non-hydrogen) atoms. The highest BCUT2D eigenvalue weighted by molar-refractivity contribution is 5.87. The summed E-state index contributed by atoms with van der Waals surface area (Å²) in [6.07, 6.45) is 0.229. The lowest BCUT2D eigenvalue weighted by Crippen LogP contribution is -2.57. The Hall–Kier alpha value is -3.91. The van der Waals surface area contributed by atoms with Crippen LogP contribution in [0.15, 0.2) is 78.9 Å². The molecule has 1 aliphatic heterocycles. The molecule has 0 aromatic heterocycles. The molecule has 4 rings (SSSR count). The van der Waals surface area contributed by atoms with Crippen molar-refractivity contribution in [1.82, 2.24) is 4.90 Å². The average molecular weight is 508 g/mol. The van der Waals surface area contributed by atoms with E-state index in [0.717, 1.165) is 11.1 Å². The van der Waals surface area contributed by atoms with Crippen molar-refractivity contribution < 1.29 is 32.9 Å². The van der Waals surface area contributed by atoms with Crippen LogP contribution in [0.1, 0.15) is 35.6 Å². The van der Waals surface area contributed by atoms with Crippen LogP contribution in [0.5, 0.6) is 5.75 Å². The molecule has 194 valence electrons. The van der Waals surface area contributed by atoms with Crippen LogP contribution in [0.3, 0.4) is 0 Å². The first-order chi connectivity index (χ1) is 18.0. The first-order valence-corrected chi connectivity index (χ1v) is 12.0. The molecule has 1 fully saturated rings. The number of hydrogen-bond donors (Lipinski definition) is 0. The average Bonchev–Trinajstić information content (AvgIpc) is 3.32. The summed E-state index contributed by atoms with van der Waals surface area (Å²) >= 11 is 0. The zero-order valence-corrected chi connectivity index (χ0v) is 20.9. The third-order valence-corrected chi connectivity index (χ3v) is 6.57. The van der Waals surface area contributed by atoms with Gasteiger partial charge in [-0.25, -0.2) is 14.0 Å². The Morgan fingerprint density at radius 1 is 0.946 bits per heavy atom. The number of halogens is 1. The van der Waals surface area contributed by atoms with Gasteiger partial charge in [-0.2, -0.15) is 0 Å². The van der Waals surface area contributed by atoms with Gasteiger partial charge < -0.3 is 18.9 Å². The van der Waals surface area contributed by atoms with E-state index >= 15 is 0 Å². The molecule has 1 saturated heterocycles. The van der Waals surface area contributed by atoms with Gasteiger partial charge in [-0.3, -0.25) is 4.90 Å². The molecule has 1 heterocycles. The Morgan fingerprint density at radius 3 is 2.32 bits per heavy atom. The molecule has 0 unspecified atom stereocenters. The molecular weight excluding hydrogens is 477 g/mol. The van der Waals surface area contributed by atoms with Crippen molar-refractivity contribution in [1.29, 1.82) is 0 Å². The topological polar surface area (TPSA) is 74.3 Å². The Kier molecular flexibility index (Phi) is 8.40. The third-order valence-electron chi connectivity index (χ3n) is 6.57. The lowest BCUT2D eigenvalue weighted by molar-refractivity contribution is -0.157. The highest BCUT2D eigenvalue weighted by Gasteiger charge is 2.56. The maximum atomic E-state index is 13.9. The highest BCUT2D eigenvalue weighted by Crippen LogP contribution is 2.44. The van der Waals surface area contributed by atoms with Gasteiger partial charge in [0.1, 0.15) is 24.8 Å². The molecule has 3 aromatic carbocycles. The summed E-state index contributed by atoms with van der Waals surface area (Å²) in [5.74, 6) is -0.329. The van der Waals surface area contributed by atoms with Crippen molar-refractivity contribution >= 4 is 12.1 Å². The molecular formula is C29H30FNO6. The molecule has 0 N–H and O–H groups in total. The van der Waals surface area contributed by atoms with Crippen molar-refractivity contribution in [2.75, 3.05) is 20.8 Å². The van der Waals surface area contributed by atoms with E-state index in [-0.39, 0.29) is 25.6 Å². The highest BCUT2D eigenvalue weighted by atomic mass is 19.1. The molecule has 3 aromatic rings. The molecule has 1 amide bonds. The van der Waals surface area contributed by atoms with E-state index in [1.165, 1.54) is 25.2 Å². The molecule has 7 nitrogen and oxygen atoms in total. The van der Waals surface area contributed by atoms with Gasteiger partial charge in [0, 0.05) is 12.7 Å². The lowest BCUT2D eigenvalue weighted by atomic mass is 9.97. The van der Waals surface area contributed by atoms with Crippen LogP contribution in [-0.2, 0) is 32.2 Å². The van der Waals surface area contributed by atoms with Gasteiger partial charge in [-0.05, 0) is 42.2 Å². The van der Waals surface area contributed by atoms with E-state index in [9.17, 15) is 14.0 Å². The number of nitrogens with zero attached hydrogens (tertiary/aromatic N) is 1. The summed E-state index contributed by atoms with van der Waals surface area (Å²) < 4.78 is 35.8. The van der Waals surface area contributed by atoms with Crippen LogP contribution in [-0.4, -0.2) is 43.3 Å². The second-order valence-electron chi connectivity index (χ2n) is 8.87. The molecule has 2 atom stereocenters. The van der Waals surface area contributed by atoms with E-state index in [0.29, 0.717) is 24.2 Å². The van der Waals surface area contributed by atoms with Crippen molar-refractivity contribution in [3.8, 4) is 5.75 Å². The second-order valence-corrected chi connectivity index (χ2v) is 8.87. The predicted octanol–water partition coefficient (Wildman–Crippen LogP) is 5.44. The minimum absolute atomic E-state index is 0.0273. The summed E-state index contributed by atoms with van der Waals surface area (Å²) in [5, 5.41) is 0. The normalized spacial score (nSPS) is 18.9. The second kappa shape index (κ2) is 11.9. The number of hydrogen-bond acceptors (Lipinski definition) is 6. The number of carbonyl (C=O) groups is 2. The summed E-state index contributed by atoms with van der Waals surface area (Å²) in [7, 11) is 2.77. The molecule has 0 radical (unpaired) electrons. The number of benzene rings is 3. The quantitative estimate of drug-likeness (QED) is 0.359. The summed E-state index contributed by atoms with van der Waals surface area (Å²) in [5.41, 5.74) is 0.773. The van der Waals surface area contributed by atoms with Crippen molar-refractivity contribution in [2.24, 2.45) is 0 Å². The van der Waals surface area contributed by atoms with E-state index < -0.39 is 23.6 Å². The number of rotatable bonds is 9. The number of esters is 1. The number of ether oxygens (including phenoxy) is 4. The first kappa shape index (κ1) is 26.2. The molecule has 0 spiro atoms. The zero-order chi connectivity index (χ0) is 26.3. The van der Waals surface area contributed by atoms with Gasteiger partial charge in [0.25, 0.3) is 0 Å². The SMILES string of the molecule is COC[C@@]1(C(=O)OC)CC[C@H](c2ccc(OCc3ccccc3F)cc2)N1C(=O)OCc1ccccc1. The van der Waals surface area contributed by atoms with E-state index in [4.69, 9.17) is 18.9 Å². The van der Waals surface area contributed by atoms with E-state index in [1.54, 1.807) is 30.3 Å². The van der Waals surface area contributed by atoms with Gasteiger partial charge in [0.15, 0.2) is 5.54 Å². The Morgan fingerprint density at radius 2 is 1.65 bits per heavy atom. The largest absolute Gasteiger partial charge is 0.489 e. The minimum Gasteiger partial charge on any atom is -0.489 e. The number of likely N-dealkylation sites (tertiary alicyclic amines) is 1. The van der Waals surface area contributed by atoms with Crippen molar-refractivity contribution in [3.05, 3.63) is 101 Å². The summed E-state index contributed by atoms with van der Waals surface area (Å²) in [6, 6.07) is 22.5. The monoisotopic (exact) mass is 507 g/mol. The summed E-state index contributed by atoms with van der Waals surface area (Å²) in [4.78, 5) is 27.9. The number of amides is 1. The van der Waals surface area contributed by atoms with Crippen molar-refractivity contribution in [3.63, 3.8) is 0 Å². The first-order valence-electron chi connectivity index (χ1n) is 12.0. The van der Waals surface area contributed by atoms with Crippen LogP contribution < -0.4 is 4.74 Å². The maximum Gasteiger partial charge on any atom is 0.411 e. The third kappa shape index (κ3) is 5.75. The predicted molar refractivity (Wildman–Crippen MR) is 134 cm³/mol. The van der Waals surface area contributed by atoms with Gasteiger partial charge in [0.2, 0.25) is 0 Å². The lowest BCUT2D eigenvalue weighted by Gasteiger charge is -2.37. The van der Waals surface area contributed by atoms with Crippen LogP contribution in [0.2, 0.25) is 0 Å². The van der Waals surface area contributed by atoms with Gasteiger partial charge in [-0.1, -0.05) is 60.7 Å². The molecule has 0 bridgehead atoms. The molecule has 0 saturated carbocycles. The molecule has 1 aliphatic rings. The van der Waals surface area contributed by atoms with Crippen molar-refractivity contribution in [2.45, 2.75) is 37.6 Å². The molecule has 8 heteroatoms. The Bertz CT molecular complexity index is 1200. The minimum atomic E-state index is -1.32.